The summed E-state index contributed by atoms with van der Waals surface area (Å²) in [6.45, 7) is 1.18. The molecule has 5 heteroatoms. The fourth-order valence-electron chi connectivity index (χ4n) is 2.87. The van der Waals surface area contributed by atoms with E-state index >= 15 is 0 Å². The molecule has 0 atom stereocenters. The summed E-state index contributed by atoms with van der Waals surface area (Å²) >= 11 is 0. The number of aromatic nitrogens is 1. The maximum absolute atomic E-state index is 12.8. The van der Waals surface area contributed by atoms with Gasteiger partial charge in [0.15, 0.2) is 0 Å². The molecule has 0 unspecified atom stereocenters. The number of amides is 1. The van der Waals surface area contributed by atoms with Crippen molar-refractivity contribution in [1.29, 1.82) is 0 Å². The fourth-order valence-corrected chi connectivity index (χ4v) is 2.87. The number of anilines is 1. The average molecular weight is 297 g/mol. The Morgan fingerprint density at radius 3 is 2.77 bits per heavy atom. The van der Waals surface area contributed by atoms with Crippen molar-refractivity contribution in [3.05, 3.63) is 63.6 Å². The molecule has 0 aliphatic carbocycles. The van der Waals surface area contributed by atoms with Gasteiger partial charge in [0.05, 0.1) is 5.56 Å². The standard InChI is InChI=1S/C17H19N3O2/c1-18-15-6-4-3-5-14(15)17(22)20-8-7-12-9-16(21)19(2)10-13(12)11-20/h3-6,9-10,18H,7-8,11H2,1-2H3. The smallest absolute Gasteiger partial charge is 0.256 e. The number of hydrogen-bond donors (Lipinski definition) is 1. The predicted octanol–water partition coefficient (Wildman–Crippen LogP) is 1.63. The molecule has 0 radical (unpaired) electrons. The number of nitrogens with one attached hydrogen (secondary N) is 1. The Morgan fingerprint density at radius 2 is 2.00 bits per heavy atom. The molecule has 0 saturated carbocycles. The normalized spacial score (nSPS) is 13.6. The lowest BCUT2D eigenvalue weighted by Crippen LogP contribution is -2.37. The summed E-state index contributed by atoms with van der Waals surface area (Å²) in [5.41, 5.74) is 3.61. The zero-order chi connectivity index (χ0) is 15.7. The van der Waals surface area contributed by atoms with Crippen molar-refractivity contribution in [1.82, 2.24) is 9.47 Å². The topological polar surface area (TPSA) is 54.3 Å². The van der Waals surface area contributed by atoms with E-state index < -0.39 is 0 Å². The van der Waals surface area contributed by atoms with E-state index in [1.807, 2.05) is 42.4 Å². The lowest BCUT2D eigenvalue weighted by Gasteiger charge is -2.29. The van der Waals surface area contributed by atoms with Crippen molar-refractivity contribution in [2.45, 2.75) is 13.0 Å². The SMILES string of the molecule is CNc1ccccc1C(=O)N1CCc2cc(=O)n(C)cc2C1. The van der Waals surface area contributed by atoms with Crippen molar-refractivity contribution in [3.8, 4) is 0 Å². The van der Waals surface area contributed by atoms with E-state index in [0.717, 1.165) is 23.2 Å². The number of aryl methyl sites for hydroxylation is 1. The highest BCUT2D eigenvalue weighted by Gasteiger charge is 2.23. The summed E-state index contributed by atoms with van der Waals surface area (Å²) in [7, 11) is 3.55. The molecule has 1 amide bonds. The summed E-state index contributed by atoms with van der Waals surface area (Å²) in [5, 5.41) is 3.06. The molecule has 1 aromatic carbocycles. The molecule has 1 aliphatic heterocycles. The van der Waals surface area contributed by atoms with Crippen LogP contribution in [-0.4, -0.2) is 29.0 Å². The summed E-state index contributed by atoms with van der Waals surface area (Å²) in [6.07, 6.45) is 2.56. The highest BCUT2D eigenvalue weighted by atomic mass is 16.2. The van der Waals surface area contributed by atoms with Crippen LogP contribution in [0.4, 0.5) is 5.69 Å². The molecular formula is C17H19N3O2. The highest BCUT2D eigenvalue weighted by Crippen LogP contribution is 2.22. The van der Waals surface area contributed by atoms with E-state index in [9.17, 15) is 9.59 Å². The molecule has 2 heterocycles. The van der Waals surface area contributed by atoms with Crippen LogP contribution in [0.25, 0.3) is 0 Å². The quantitative estimate of drug-likeness (QED) is 0.916. The predicted molar refractivity (Wildman–Crippen MR) is 86.1 cm³/mol. The van der Waals surface area contributed by atoms with Gasteiger partial charge in [-0.1, -0.05) is 12.1 Å². The number of nitrogens with zero attached hydrogens (tertiary/aromatic N) is 2. The van der Waals surface area contributed by atoms with E-state index in [-0.39, 0.29) is 11.5 Å². The van der Waals surface area contributed by atoms with Gasteiger partial charge in [-0.3, -0.25) is 9.59 Å². The van der Waals surface area contributed by atoms with Gasteiger partial charge in [0, 0.05) is 45.1 Å². The van der Waals surface area contributed by atoms with Crippen LogP contribution >= 0.6 is 0 Å². The molecule has 1 N–H and O–H groups in total. The van der Waals surface area contributed by atoms with Crippen LogP contribution in [0.3, 0.4) is 0 Å². The average Bonchev–Trinajstić information content (AvgIpc) is 2.55. The fraction of sp³-hybridized carbons (Fsp3) is 0.294. The lowest BCUT2D eigenvalue weighted by molar-refractivity contribution is 0.0735. The van der Waals surface area contributed by atoms with E-state index in [1.165, 1.54) is 0 Å². The van der Waals surface area contributed by atoms with Gasteiger partial charge in [-0.25, -0.2) is 0 Å². The molecule has 22 heavy (non-hydrogen) atoms. The summed E-state index contributed by atoms with van der Waals surface area (Å²) in [5.74, 6) is 0.0180. The van der Waals surface area contributed by atoms with Gasteiger partial charge in [0.25, 0.3) is 11.5 Å². The Balaban J connectivity index is 1.89. The lowest BCUT2D eigenvalue weighted by atomic mass is 10.0. The van der Waals surface area contributed by atoms with Gasteiger partial charge in [0.1, 0.15) is 0 Å². The first-order chi connectivity index (χ1) is 10.6. The number of carbonyl (C=O) groups is 1. The van der Waals surface area contributed by atoms with Crippen LogP contribution in [-0.2, 0) is 20.0 Å². The van der Waals surface area contributed by atoms with Gasteiger partial charge in [0.2, 0.25) is 0 Å². The molecular weight excluding hydrogens is 278 g/mol. The zero-order valence-electron chi connectivity index (χ0n) is 12.8. The summed E-state index contributed by atoms with van der Waals surface area (Å²) in [6, 6.07) is 9.19. The van der Waals surface area contributed by atoms with E-state index in [1.54, 1.807) is 17.7 Å². The number of pyridine rings is 1. The monoisotopic (exact) mass is 297 g/mol. The van der Waals surface area contributed by atoms with Crippen LogP contribution in [0.1, 0.15) is 21.5 Å². The van der Waals surface area contributed by atoms with Crippen molar-refractivity contribution in [2.75, 3.05) is 18.9 Å². The van der Waals surface area contributed by atoms with Gasteiger partial charge in [-0.2, -0.15) is 0 Å². The highest BCUT2D eigenvalue weighted by molar-refractivity contribution is 5.99. The molecule has 0 bridgehead atoms. The molecule has 2 aromatic rings. The Kier molecular flexibility index (Phi) is 3.71. The van der Waals surface area contributed by atoms with Crippen molar-refractivity contribution in [2.24, 2.45) is 7.05 Å². The zero-order valence-corrected chi connectivity index (χ0v) is 12.8. The molecule has 0 saturated heterocycles. The number of para-hydroxylation sites is 1. The minimum atomic E-state index is -0.000875. The Labute approximate surface area is 129 Å². The maximum atomic E-state index is 12.8. The second-order valence-electron chi connectivity index (χ2n) is 5.55. The molecule has 0 fully saturated rings. The van der Waals surface area contributed by atoms with Crippen LogP contribution in [0.15, 0.2) is 41.3 Å². The van der Waals surface area contributed by atoms with E-state index in [2.05, 4.69) is 5.32 Å². The van der Waals surface area contributed by atoms with Crippen molar-refractivity contribution >= 4 is 11.6 Å². The number of carbonyl (C=O) groups excluding carboxylic acids is 1. The molecule has 0 spiro atoms. The summed E-state index contributed by atoms with van der Waals surface area (Å²) < 4.78 is 1.56. The Bertz CT molecular complexity index is 780. The number of hydrogen-bond acceptors (Lipinski definition) is 3. The molecule has 114 valence electrons. The van der Waals surface area contributed by atoms with Gasteiger partial charge in [-0.05, 0) is 29.7 Å². The third-order valence-electron chi connectivity index (χ3n) is 4.13. The van der Waals surface area contributed by atoms with Crippen molar-refractivity contribution in [3.63, 3.8) is 0 Å². The first kappa shape index (κ1) is 14.4. The Morgan fingerprint density at radius 1 is 1.23 bits per heavy atom. The number of rotatable bonds is 2. The molecule has 5 nitrogen and oxygen atoms in total. The first-order valence-electron chi connectivity index (χ1n) is 7.34. The minimum Gasteiger partial charge on any atom is -0.387 e. The molecule has 1 aliphatic rings. The van der Waals surface area contributed by atoms with E-state index in [0.29, 0.717) is 18.7 Å². The van der Waals surface area contributed by atoms with Gasteiger partial charge in [-0.15, -0.1) is 0 Å². The maximum Gasteiger partial charge on any atom is 0.256 e. The third-order valence-corrected chi connectivity index (χ3v) is 4.13. The first-order valence-corrected chi connectivity index (χ1v) is 7.34. The molecule has 3 rings (SSSR count). The van der Waals surface area contributed by atoms with Crippen LogP contribution < -0.4 is 10.9 Å². The van der Waals surface area contributed by atoms with Gasteiger partial charge < -0.3 is 14.8 Å². The largest absolute Gasteiger partial charge is 0.387 e. The van der Waals surface area contributed by atoms with Crippen LogP contribution in [0, 0.1) is 0 Å². The summed E-state index contributed by atoms with van der Waals surface area (Å²) in [4.78, 5) is 26.3. The number of fused-ring (bicyclic) bond motifs is 1. The second-order valence-corrected chi connectivity index (χ2v) is 5.55. The van der Waals surface area contributed by atoms with Gasteiger partial charge >= 0.3 is 0 Å². The number of benzene rings is 1. The van der Waals surface area contributed by atoms with E-state index in [4.69, 9.17) is 0 Å². The minimum absolute atomic E-state index is 0.000875. The van der Waals surface area contributed by atoms with Crippen LogP contribution in [0.5, 0.6) is 0 Å². The van der Waals surface area contributed by atoms with Crippen molar-refractivity contribution < 1.29 is 4.79 Å². The Hall–Kier alpha value is -2.56. The third kappa shape index (κ3) is 2.50. The van der Waals surface area contributed by atoms with Crippen LogP contribution in [0.2, 0.25) is 0 Å². The molecule has 1 aromatic heterocycles. The second kappa shape index (κ2) is 5.67.